The highest BCUT2D eigenvalue weighted by Gasteiger charge is 2.30. The third-order valence-electron chi connectivity index (χ3n) is 5.53. The smallest absolute Gasteiger partial charge is 0.271 e. The summed E-state index contributed by atoms with van der Waals surface area (Å²) in [5.74, 6) is 0.523. The highest BCUT2D eigenvalue weighted by atomic mass is 16.5. The molecule has 2 N–H and O–H groups in total. The maximum absolute atomic E-state index is 13.0. The molecule has 3 heterocycles. The first kappa shape index (κ1) is 21.4. The average Bonchev–Trinajstić information content (AvgIpc) is 3.35. The van der Waals surface area contributed by atoms with Crippen LogP contribution in [0.3, 0.4) is 0 Å². The fourth-order valence-corrected chi connectivity index (χ4v) is 3.78. The van der Waals surface area contributed by atoms with Crippen molar-refractivity contribution in [1.82, 2.24) is 20.1 Å². The van der Waals surface area contributed by atoms with Crippen molar-refractivity contribution in [2.75, 3.05) is 32.6 Å². The maximum atomic E-state index is 13.0. The molecule has 1 atom stereocenters. The number of nitrogens with zero attached hydrogens (tertiary/aromatic N) is 3. The number of piperidine rings is 1. The molecule has 1 fully saturated rings. The molecular formula is C23H25N5O4. The molecule has 32 heavy (non-hydrogen) atoms. The lowest BCUT2D eigenvalue weighted by Crippen LogP contribution is -2.43. The standard InChI is InChI=1S/C23H25N5O4/c1-31-17-5-6-18(21(12-17)32-2)25-22(29)16-4-3-11-28(14-16)23(30)20-13-19(26-27-20)15-7-9-24-10-8-15/h5-10,12-13,16H,3-4,11,14H2,1-2H3,(H,25,29)(H,26,27). The summed E-state index contributed by atoms with van der Waals surface area (Å²) in [5, 5.41) is 9.99. The predicted octanol–water partition coefficient (Wildman–Crippen LogP) is 2.98. The molecule has 3 aromatic rings. The van der Waals surface area contributed by atoms with Crippen LogP contribution in [-0.2, 0) is 4.79 Å². The van der Waals surface area contributed by atoms with Gasteiger partial charge in [-0.1, -0.05) is 0 Å². The summed E-state index contributed by atoms with van der Waals surface area (Å²) < 4.78 is 10.6. The molecule has 1 saturated heterocycles. The van der Waals surface area contributed by atoms with Crippen LogP contribution in [-0.4, -0.2) is 59.2 Å². The highest BCUT2D eigenvalue weighted by molar-refractivity contribution is 5.96. The molecule has 9 nitrogen and oxygen atoms in total. The molecule has 0 bridgehead atoms. The molecular weight excluding hydrogens is 410 g/mol. The zero-order chi connectivity index (χ0) is 22.5. The lowest BCUT2D eigenvalue weighted by molar-refractivity contribution is -0.121. The normalized spacial score (nSPS) is 15.8. The first-order chi connectivity index (χ1) is 15.6. The molecule has 1 aromatic carbocycles. The van der Waals surface area contributed by atoms with Crippen LogP contribution in [0, 0.1) is 5.92 Å². The number of ether oxygens (including phenoxy) is 2. The Hall–Kier alpha value is -3.88. The molecule has 0 saturated carbocycles. The summed E-state index contributed by atoms with van der Waals surface area (Å²) in [5.41, 5.74) is 2.51. The molecule has 0 aliphatic carbocycles. The molecule has 1 aliphatic heterocycles. The Morgan fingerprint density at radius 2 is 1.94 bits per heavy atom. The summed E-state index contributed by atoms with van der Waals surface area (Å²) >= 11 is 0. The van der Waals surface area contributed by atoms with Gasteiger partial charge < -0.3 is 19.7 Å². The Morgan fingerprint density at radius 1 is 1.12 bits per heavy atom. The molecule has 0 radical (unpaired) electrons. The molecule has 9 heteroatoms. The average molecular weight is 435 g/mol. The van der Waals surface area contributed by atoms with Crippen molar-refractivity contribution in [2.45, 2.75) is 12.8 Å². The Balaban J connectivity index is 1.43. The Labute approximate surface area is 185 Å². The zero-order valence-electron chi connectivity index (χ0n) is 18.0. The SMILES string of the molecule is COc1ccc(NC(=O)C2CCCN(C(=O)c3cc(-c4ccncc4)n[nH]3)C2)c(OC)c1. The van der Waals surface area contributed by atoms with E-state index < -0.39 is 0 Å². The molecule has 2 amide bonds. The van der Waals surface area contributed by atoms with Gasteiger partial charge in [-0.25, -0.2) is 0 Å². The first-order valence-electron chi connectivity index (χ1n) is 10.4. The number of benzene rings is 1. The van der Waals surface area contributed by atoms with Crippen LogP contribution in [0.4, 0.5) is 5.69 Å². The lowest BCUT2D eigenvalue weighted by Gasteiger charge is -2.31. The van der Waals surface area contributed by atoms with Gasteiger partial charge in [0.2, 0.25) is 5.91 Å². The second-order valence-corrected chi connectivity index (χ2v) is 7.55. The van der Waals surface area contributed by atoms with Crippen LogP contribution >= 0.6 is 0 Å². The number of likely N-dealkylation sites (tertiary alicyclic amines) is 1. The van der Waals surface area contributed by atoms with E-state index >= 15 is 0 Å². The van der Waals surface area contributed by atoms with Crippen LogP contribution in [0.2, 0.25) is 0 Å². The minimum absolute atomic E-state index is 0.145. The number of rotatable bonds is 6. The van der Waals surface area contributed by atoms with Crippen molar-refractivity contribution in [3.05, 3.63) is 54.5 Å². The zero-order valence-corrected chi connectivity index (χ0v) is 18.0. The number of aromatic nitrogens is 3. The van der Waals surface area contributed by atoms with Gasteiger partial charge in [0, 0.05) is 37.1 Å². The van der Waals surface area contributed by atoms with Gasteiger partial charge >= 0.3 is 0 Å². The fourth-order valence-electron chi connectivity index (χ4n) is 3.78. The van der Waals surface area contributed by atoms with Crippen molar-refractivity contribution in [3.8, 4) is 22.8 Å². The van der Waals surface area contributed by atoms with E-state index in [0.717, 1.165) is 12.0 Å². The number of H-pyrrole nitrogens is 1. The summed E-state index contributed by atoms with van der Waals surface area (Å²) in [6.07, 6.45) is 4.81. The van der Waals surface area contributed by atoms with E-state index in [4.69, 9.17) is 9.47 Å². The van der Waals surface area contributed by atoms with Crippen LogP contribution in [0.5, 0.6) is 11.5 Å². The summed E-state index contributed by atoms with van der Waals surface area (Å²) in [6.45, 7) is 0.935. The van der Waals surface area contributed by atoms with Crippen LogP contribution in [0.1, 0.15) is 23.3 Å². The summed E-state index contributed by atoms with van der Waals surface area (Å²) in [4.78, 5) is 31.6. The molecule has 2 aromatic heterocycles. The second-order valence-electron chi connectivity index (χ2n) is 7.55. The van der Waals surface area contributed by atoms with E-state index in [1.54, 1.807) is 48.7 Å². The number of amides is 2. The Bertz CT molecular complexity index is 1100. The third kappa shape index (κ3) is 4.56. The van der Waals surface area contributed by atoms with Gasteiger partial charge in [0.25, 0.3) is 5.91 Å². The number of pyridine rings is 1. The number of hydrogen-bond donors (Lipinski definition) is 2. The van der Waals surface area contributed by atoms with E-state index in [1.165, 1.54) is 7.11 Å². The van der Waals surface area contributed by atoms with Gasteiger partial charge in [0.1, 0.15) is 17.2 Å². The largest absolute Gasteiger partial charge is 0.497 e. The molecule has 1 aliphatic rings. The first-order valence-corrected chi connectivity index (χ1v) is 10.4. The summed E-state index contributed by atoms with van der Waals surface area (Å²) in [7, 11) is 3.11. The van der Waals surface area contributed by atoms with Crippen LogP contribution in [0.25, 0.3) is 11.3 Å². The fraction of sp³-hybridized carbons (Fsp3) is 0.304. The number of carbonyl (C=O) groups is 2. The third-order valence-corrected chi connectivity index (χ3v) is 5.53. The van der Waals surface area contributed by atoms with Gasteiger partial charge in [0.05, 0.1) is 31.5 Å². The van der Waals surface area contributed by atoms with Gasteiger partial charge in [0.15, 0.2) is 0 Å². The van der Waals surface area contributed by atoms with E-state index in [1.807, 2.05) is 12.1 Å². The molecule has 1 unspecified atom stereocenters. The number of anilines is 1. The Morgan fingerprint density at radius 3 is 2.69 bits per heavy atom. The minimum atomic E-state index is -0.318. The van der Waals surface area contributed by atoms with Crippen molar-refractivity contribution in [2.24, 2.45) is 5.92 Å². The van der Waals surface area contributed by atoms with Crippen molar-refractivity contribution < 1.29 is 19.1 Å². The second kappa shape index (κ2) is 9.51. The highest BCUT2D eigenvalue weighted by Crippen LogP contribution is 2.30. The quantitative estimate of drug-likeness (QED) is 0.616. The lowest BCUT2D eigenvalue weighted by atomic mass is 9.96. The predicted molar refractivity (Wildman–Crippen MR) is 119 cm³/mol. The Kier molecular flexibility index (Phi) is 6.34. The van der Waals surface area contributed by atoms with Crippen molar-refractivity contribution >= 4 is 17.5 Å². The van der Waals surface area contributed by atoms with Crippen LogP contribution in [0.15, 0.2) is 48.8 Å². The minimum Gasteiger partial charge on any atom is -0.497 e. The topological polar surface area (TPSA) is 109 Å². The van der Waals surface area contributed by atoms with E-state index in [0.29, 0.717) is 48.1 Å². The van der Waals surface area contributed by atoms with Gasteiger partial charge in [-0.15, -0.1) is 0 Å². The molecule has 166 valence electrons. The number of aromatic amines is 1. The number of nitrogens with one attached hydrogen (secondary N) is 2. The number of carbonyl (C=O) groups excluding carboxylic acids is 2. The maximum Gasteiger partial charge on any atom is 0.271 e. The molecule has 4 rings (SSSR count). The van der Waals surface area contributed by atoms with Crippen LogP contribution < -0.4 is 14.8 Å². The van der Waals surface area contributed by atoms with Gasteiger partial charge in [-0.2, -0.15) is 5.10 Å². The monoisotopic (exact) mass is 435 g/mol. The van der Waals surface area contributed by atoms with E-state index in [-0.39, 0.29) is 17.7 Å². The van der Waals surface area contributed by atoms with E-state index in [2.05, 4.69) is 20.5 Å². The number of methoxy groups -OCH3 is 2. The van der Waals surface area contributed by atoms with Crippen molar-refractivity contribution in [3.63, 3.8) is 0 Å². The summed E-state index contributed by atoms with van der Waals surface area (Å²) in [6, 6.07) is 10.6. The van der Waals surface area contributed by atoms with Gasteiger partial charge in [-0.05, 0) is 43.2 Å². The van der Waals surface area contributed by atoms with Gasteiger partial charge in [-0.3, -0.25) is 19.7 Å². The van der Waals surface area contributed by atoms with Crippen molar-refractivity contribution in [1.29, 1.82) is 0 Å². The number of hydrogen-bond acceptors (Lipinski definition) is 6. The molecule has 0 spiro atoms. The van der Waals surface area contributed by atoms with E-state index in [9.17, 15) is 9.59 Å².